The highest BCUT2D eigenvalue weighted by Gasteiger charge is 2.37. The first kappa shape index (κ1) is 17.0. The summed E-state index contributed by atoms with van der Waals surface area (Å²) >= 11 is 0. The fourth-order valence-corrected chi connectivity index (χ4v) is 1.79. The molecule has 5 nitrogen and oxygen atoms in total. The van der Waals surface area contributed by atoms with Crippen molar-refractivity contribution in [3.8, 4) is 5.75 Å². The maximum atomic E-state index is 12.2. The van der Waals surface area contributed by atoms with Crippen LogP contribution < -0.4 is 0 Å². The third kappa shape index (κ3) is 3.74. The summed E-state index contributed by atoms with van der Waals surface area (Å²) in [6.07, 6.45) is 0.0678. The Morgan fingerprint density at radius 1 is 1.29 bits per heavy atom. The van der Waals surface area contributed by atoms with Crippen molar-refractivity contribution in [1.82, 2.24) is 4.90 Å². The molecule has 0 bridgehead atoms. The number of rotatable bonds is 3. The smallest absolute Gasteiger partial charge is 0.411 e. The molecule has 0 fully saturated rings. The van der Waals surface area contributed by atoms with Gasteiger partial charge < -0.3 is 14.6 Å². The SMILES string of the molecule is Cc1ccc(C(C)(C=O)N(C)C(=O)OC(C)(C)C)cc1O. The quantitative estimate of drug-likeness (QED) is 0.870. The number of aryl methyl sites for hydroxylation is 1. The van der Waals surface area contributed by atoms with Crippen molar-refractivity contribution in [3.05, 3.63) is 29.3 Å². The minimum Gasteiger partial charge on any atom is -0.508 e. The van der Waals surface area contributed by atoms with E-state index in [2.05, 4.69) is 0 Å². The van der Waals surface area contributed by atoms with Crippen molar-refractivity contribution in [2.45, 2.75) is 45.8 Å². The molecular weight excluding hydrogens is 270 g/mol. The fraction of sp³-hybridized carbons (Fsp3) is 0.500. The second-order valence-corrected chi connectivity index (χ2v) is 6.31. The van der Waals surface area contributed by atoms with Crippen molar-refractivity contribution in [2.75, 3.05) is 7.05 Å². The summed E-state index contributed by atoms with van der Waals surface area (Å²) in [5, 5.41) is 9.82. The van der Waals surface area contributed by atoms with Crippen molar-refractivity contribution in [2.24, 2.45) is 0 Å². The van der Waals surface area contributed by atoms with E-state index in [0.717, 1.165) is 0 Å². The number of ether oxygens (including phenoxy) is 1. The summed E-state index contributed by atoms with van der Waals surface area (Å²) in [6.45, 7) is 8.64. The van der Waals surface area contributed by atoms with Gasteiger partial charge in [0.1, 0.15) is 23.2 Å². The van der Waals surface area contributed by atoms with Gasteiger partial charge in [0.2, 0.25) is 0 Å². The zero-order chi connectivity index (χ0) is 16.4. The lowest BCUT2D eigenvalue weighted by atomic mass is 9.91. The van der Waals surface area contributed by atoms with Crippen LogP contribution in [-0.2, 0) is 15.1 Å². The van der Waals surface area contributed by atoms with E-state index in [9.17, 15) is 14.7 Å². The van der Waals surface area contributed by atoms with Crippen LogP contribution in [0.2, 0.25) is 0 Å². The number of benzene rings is 1. The number of amides is 1. The molecule has 0 radical (unpaired) electrons. The third-order valence-corrected chi connectivity index (χ3v) is 3.39. The van der Waals surface area contributed by atoms with Gasteiger partial charge >= 0.3 is 6.09 Å². The van der Waals surface area contributed by atoms with E-state index in [0.29, 0.717) is 17.4 Å². The highest BCUT2D eigenvalue weighted by atomic mass is 16.6. The van der Waals surface area contributed by atoms with Gasteiger partial charge in [-0.25, -0.2) is 4.79 Å². The van der Waals surface area contributed by atoms with Crippen molar-refractivity contribution in [3.63, 3.8) is 0 Å². The maximum Gasteiger partial charge on any atom is 0.411 e. The molecule has 21 heavy (non-hydrogen) atoms. The van der Waals surface area contributed by atoms with E-state index in [-0.39, 0.29) is 5.75 Å². The number of aldehydes is 1. The molecule has 0 saturated carbocycles. The number of carbonyl (C=O) groups excluding carboxylic acids is 2. The van der Waals surface area contributed by atoms with Crippen LogP contribution in [0.25, 0.3) is 0 Å². The highest BCUT2D eigenvalue weighted by Crippen LogP contribution is 2.30. The summed E-state index contributed by atoms with van der Waals surface area (Å²) in [4.78, 5) is 25.0. The average molecular weight is 293 g/mol. The van der Waals surface area contributed by atoms with Crippen LogP contribution in [0.5, 0.6) is 5.75 Å². The Morgan fingerprint density at radius 2 is 1.86 bits per heavy atom. The second-order valence-electron chi connectivity index (χ2n) is 6.31. The van der Waals surface area contributed by atoms with Gasteiger partial charge in [-0.05, 0) is 51.8 Å². The highest BCUT2D eigenvalue weighted by molar-refractivity contribution is 5.78. The summed E-state index contributed by atoms with van der Waals surface area (Å²) in [5.74, 6) is 0.0816. The average Bonchev–Trinajstić information content (AvgIpc) is 2.38. The first-order valence-electron chi connectivity index (χ1n) is 6.74. The number of nitrogens with zero attached hydrogens (tertiary/aromatic N) is 1. The van der Waals surface area contributed by atoms with Gasteiger partial charge in [0.15, 0.2) is 0 Å². The Bertz CT molecular complexity index is 548. The summed E-state index contributed by atoms with van der Waals surface area (Å²) in [7, 11) is 1.50. The molecule has 1 aromatic rings. The molecule has 0 aliphatic carbocycles. The molecule has 0 aromatic heterocycles. The molecule has 1 N–H and O–H groups in total. The lowest BCUT2D eigenvalue weighted by molar-refractivity contribution is -0.117. The predicted molar refractivity (Wildman–Crippen MR) is 80.3 cm³/mol. The molecule has 1 amide bonds. The maximum absolute atomic E-state index is 12.2. The standard InChI is InChI=1S/C16H23NO4/c1-11-7-8-12(9-13(11)19)16(5,10-18)17(6)14(20)21-15(2,3)4/h7-10,19H,1-6H3. The Kier molecular flexibility index (Phi) is 4.66. The van der Waals surface area contributed by atoms with Crippen LogP contribution in [0.15, 0.2) is 18.2 Å². The van der Waals surface area contributed by atoms with Gasteiger partial charge in [0.05, 0.1) is 0 Å². The minimum absolute atomic E-state index is 0.0816. The van der Waals surface area contributed by atoms with Crippen molar-refractivity contribution in [1.29, 1.82) is 0 Å². The Balaban J connectivity index is 3.16. The van der Waals surface area contributed by atoms with Crippen LogP contribution in [0.4, 0.5) is 4.79 Å². The first-order valence-corrected chi connectivity index (χ1v) is 6.74. The molecule has 0 aliphatic heterocycles. The molecule has 0 saturated heterocycles. The molecule has 0 heterocycles. The van der Waals surface area contributed by atoms with Crippen LogP contribution in [0.3, 0.4) is 0 Å². The second kappa shape index (κ2) is 5.76. The molecule has 0 aliphatic rings. The Hall–Kier alpha value is -2.04. The van der Waals surface area contributed by atoms with Crippen LogP contribution in [0.1, 0.15) is 38.8 Å². The lowest BCUT2D eigenvalue weighted by Crippen LogP contribution is -2.48. The van der Waals surface area contributed by atoms with Crippen LogP contribution in [0, 0.1) is 6.92 Å². The van der Waals surface area contributed by atoms with Crippen molar-refractivity contribution >= 4 is 12.4 Å². The largest absolute Gasteiger partial charge is 0.508 e. The molecule has 1 rings (SSSR count). The number of hydrogen-bond donors (Lipinski definition) is 1. The molecule has 1 atom stereocenters. The van der Waals surface area contributed by atoms with E-state index < -0.39 is 17.2 Å². The Labute approximate surface area is 125 Å². The van der Waals surface area contributed by atoms with Gasteiger partial charge in [-0.15, -0.1) is 0 Å². The van der Waals surface area contributed by atoms with Crippen LogP contribution in [-0.4, -0.2) is 35.0 Å². The summed E-state index contributed by atoms with van der Waals surface area (Å²) in [6, 6.07) is 4.91. The lowest BCUT2D eigenvalue weighted by Gasteiger charge is -2.35. The topological polar surface area (TPSA) is 66.8 Å². The molecule has 1 aromatic carbocycles. The molecule has 116 valence electrons. The number of phenolic OH excluding ortho intramolecular Hbond substituents is 1. The van der Waals surface area contributed by atoms with Crippen LogP contribution >= 0.6 is 0 Å². The minimum atomic E-state index is -1.21. The molecule has 1 unspecified atom stereocenters. The predicted octanol–water partition coefficient (Wildman–Crippen LogP) is 2.98. The molecular formula is C16H23NO4. The zero-order valence-corrected chi connectivity index (χ0v) is 13.4. The summed E-state index contributed by atoms with van der Waals surface area (Å²) in [5.41, 5.74) is -0.640. The van der Waals surface area contributed by atoms with Gasteiger partial charge in [-0.2, -0.15) is 0 Å². The van der Waals surface area contributed by atoms with E-state index in [1.54, 1.807) is 46.8 Å². The number of carbonyl (C=O) groups is 2. The normalized spacial score (nSPS) is 14.2. The van der Waals surface area contributed by atoms with E-state index in [1.807, 2.05) is 0 Å². The van der Waals surface area contributed by atoms with Crippen molar-refractivity contribution < 1.29 is 19.4 Å². The number of phenols is 1. The van der Waals surface area contributed by atoms with Gasteiger partial charge in [0, 0.05) is 7.05 Å². The van der Waals surface area contributed by atoms with Gasteiger partial charge in [-0.3, -0.25) is 4.90 Å². The summed E-state index contributed by atoms with van der Waals surface area (Å²) < 4.78 is 5.29. The Morgan fingerprint density at radius 3 is 2.29 bits per heavy atom. The van der Waals surface area contributed by atoms with E-state index in [4.69, 9.17) is 4.74 Å². The van der Waals surface area contributed by atoms with Gasteiger partial charge in [0.25, 0.3) is 0 Å². The van der Waals surface area contributed by atoms with E-state index in [1.165, 1.54) is 18.0 Å². The van der Waals surface area contributed by atoms with E-state index >= 15 is 0 Å². The zero-order valence-electron chi connectivity index (χ0n) is 13.4. The monoisotopic (exact) mass is 293 g/mol. The third-order valence-electron chi connectivity index (χ3n) is 3.39. The number of aromatic hydroxyl groups is 1. The number of likely N-dealkylation sites (N-methyl/N-ethyl adjacent to an activating group) is 1. The molecule has 0 spiro atoms. The number of hydrogen-bond acceptors (Lipinski definition) is 4. The first-order chi connectivity index (χ1) is 9.51. The fourth-order valence-electron chi connectivity index (χ4n) is 1.79. The van der Waals surface area contributed by atoms with Gasteiger partial charge in [-0.1, -0.05) is 12.1 Å². The molecule has 5 heteroatoms.